The summed E-state index contributed by atoms with van der Waals surface area (Å²) in [7, 11) is -2.27. The molecule has 2 aromatic carbocycles. The Hall–Kier alpha value is -2.29. The fourth-order valence-corrected chi connectivity index (χ4v) is 3.32. The van der Waals surface area contributed by atoms with Crippen molar-refractivity contribution in [2.75, 3.05) is 31.5 Å². The van der Waals surface area contributed by atoms with Crippen LogP contribution in [0.2, 0.25) is 0 Å². The third-order valence-corrected chi connectivity index (χ3v) is 4.97. The Morgan fingerprint density at radius 2 is 1.78 bits per heavy atom. The Bertz CT molecular complexity index is 842. The van der Waals surface area contributed by atoms with E-state index in [1.54, 1.807) is 36.4 Å². The Morgan fingerprint density at radius 1 is 1.07 bits per heavy atom. The number of likely N-dealkylation sites (N-methyl/N-ethyl adjacent to an activating group) is 1. The van der Waals surface area contributed by atoms with Crippen LogP contribution in [0.3, 0.4) is 0 Å². The smallest absolute Gasteiger partial charge is 0.261 e. The number of anilines is 1. The minimum Gasteiger partial charge on any atom is -0.497 e. The van der Waals surface area contributed by atoms with E-state index in [2.05, 4.69) is 15.4 Å². The Kier molecular flexibility index (Phi) is 9.07. The van der Waals surface area contributed by atoms with Crippen LogP contribution in [0, 0.1) is 0 Å². The number of amides is 1. The zero-order chi connectivity index (χ0) is 19.0. The number of sulfonamides is 1. The number of nitrogens with one attached hydrogen (secondary N) is 3. The summed E-state index contributed by atoms with van der Waals surface area (Å²) in [4.78, 5) is 12.2. The van der Waals surface area contributed by atoms with Crippen molar-refractivity contribution in [3.63, 3.8) is 0 Å². The molecule has 0 aromatic heterocycles. The van der Waals surface area contributed by atoms with Gasteiger partial charge in [0, 0.05) is 24.3 Å². The molecule has 0 bridgehead atoms. The number of hydrogen-bond acceptors (Lipinski definition) is 5. The molecule has 0 aliphatic carbocycles. The molecule has 0 atom stereocenters. The van der Waals surface area contributed by atoms with Gasteiger partial charge in [-0.1, -0.05) is 13.0 Å². The van der Waals surface area contributed by atoms with Crippen molar-refractivity contribution in [3.8, 4) is 5.75 Å². The number of carbonyl (C=O) groups excluding carboxylic acids is 1. The van der Waals surface area contributed by atoms with Crippen molar-refractivity contribution < 1.29 is 17.9 Å². The summed E-state index contributed by atoms with van der Waals surface area (Å²) in [6.45, 7) is 3.92. The quantitative estimate of drug-likeness (QED) is 0.548. The van der Waals surface area contributed by atoms with Gasteiger partial charge in [-0.05, 0) is 49.0 Å². The summed E-state index contributed by atoms with van der Waals surface area (Å²) < 4.78 is 32.6. The molecular weight excluding hydrogens is 390 g/mol. The van der Waals surface area contributed by atoms with E-state index in [1.807, 2.05) is 6.92 Å². The third kappa shape index (κ3) is 6.74. The van der Waals surface area contributed by atoms with Gasteiger partial charge in [0.25, 0.3) is 15.9 Å². The highest BCUT2D eigenvalue weighted by Crippen LogP contribution is 2.20. The molecule has 0 saturated heterocycles. The molecule has 3 N–H and O–H groups in total. The maximum absolute atomic E-state index is 12.5. The minimum atomic E-state index is -3.80. The largest absolute Gasteiger partial charge is 0.497 e. The fourth-order valence-electron chi connectivity index (χ4n) is 2.22. The first-order chi connectivity index (χ1) is 12.5. The summed E-state index contributed by atoms with van der Waals surface area (Å²) in [6, 6.07) is 12.5. The van der Waals surface area contributed by atoms with E-state index in [1.165, 1.54) is 19.2 Å². The summed E-state index contributed by atoms with van der Waals surface area (Å²) in [5.74, 6) is 0.313. The van der Waals surface area contributed by atoms with Crippen molar-refractivity contribution in [2.45, 2.75) is 11.8 Å². The molecule has 7 nitrogen and oxygen atoms in total. The molecule has 1 amide bonds. The summed E-state index contributed by atoms with van der Waals surface area (Å²) in [5.41, 5.74) is 0.699. The Balaban J connectivity index is 0.00000364. The first-order valence-electron chi connectivity index (χ1n) is 8.22. The predicted molar refractivity (Wildman–Crippen MR) is 108 cm³/mol. The maximum Gasteiger partial charge on any atom is 0.261 e. The predicted octanol–water partition coefficient (Wildman–Crippen LogP) is 2.26. The Labute approximate surface area is 166 Å². The third-order valence-electron chi connectivity index (χ3n) is 3.59. The number of halogens is 1. The summed E-state index contributed by atoms with van der Waals surface area (Å²) in [6.07, 6.45) is 0. The fraction of sp³-hybridized carbons (Fsp3) is 0.278. The molecule has 2 aromatic rings. The molecule has 27 heavy (non-hydrogen) atoms. The number of rotatable bonds is 9. The number of methoxy groups -OCH3 is 1. The van der Waals surface area contributed by atoms with Crippen molar-refractivity contribution in [2.24, 2.45) is 0 Å². The summed E-state index contributed by atoms with van der Waals surface area (Å²) in [5, 5.41) is 5.84. The van der Waals surface area contributed by atoms with Crippen LogP contribution in [0.1, 0.15) is 17.3 Å². The van der Waals surface area contributed by atoms with Crippen LogP contribution < -0.4 is 20.1 Å². The molecule has 0 heterocycles. The van der Waals surface area contributed by atoms with Crippen molar-refractivity contribution in [1.29, 1.82) is 0 Å². The lowest BCUT2D eigenvalue weighted by molar-refractivity contribution is 0.0953. The lowest BCUT2D eigenvalue weighted by Gasteiger charge is -2.10. The van der Waals surface area contributed by atoms with Crippen molar-refractivity contribution in [3.05, 3.63) is 54.1 Å². The highest BCUT2D eigenvalue weighted by molar-refractivity contribution is 7.92. The highest BCUT2D eigenvalue weighted by Gasteiger charge is 2.16. The first-order valence-corrected chi connectivity index (χ1v) is 9.70. The molecular formula is C18H24ClN3O4S. The van der Waals surface area contributed by atoms with Crippen LogP contribution in [0.5, 0.6) is 5.75 Å². The van der Waals surface area contributed by atoms with Crippen LogP contribution in [0.25, 0.3) is 0 Å². The van der Waals surface area contributed by atoms with E-state index >= 15 is 0 Å². The van der Waals surface area contributed by atoms with Crippen LogP contribution in [0.15, 0.2) is 53.4 Å². The van der Waals surface area contributed by atoms with Crippen LogP contribution in [-0.2, 0) is 10.0 Å². The topological polar surface area (TPSA) is 96.5 Å². The van der Waals surface area contributed by atoms with Crippen molar-refractivity contribution >= 4 is 34.0 Å². The normalized spacial score (nSPS) is 10.6. The van der Waals surface area contributed by atoms with Crippen LogP contribution in [-0.4, -0.2) is 41.1 Å². The molecule has 0 radical (unpaired) electrons. The van der Waals surface area contributed by atoms with E-state index in [0.717, 1.165) is 6.54 Å². The first kappa shape index (κ1) is 22.8. The Morgan fingerprint density at radius 3 is 2.41 bits per heavy atom. The van der Waals surface area contributed by atoms with Gasteiger partial charge < -0.3 is 15.4 Å². The molecule has 148 valence electrons. The zero-order valence-corrected chi connectivity index (χ0v) is 16.8. The number of carbonyl (C=O) groups is 1. The van der Waals surface area contributed by atoms with Gasteiger partial charge in [0.05, 0.1) is 12.0 Å². The molecule has 0 aliphatic rings. The number of ether oxygens (including phenoxy) is 1. The second-order valence-electron chi connectivity index (χ2n) is 5.47. The molecule has 0 fully saturated rings. The van der Waals surface area contributed by atoms with Gasteiger partial charge in [0.1, 0.15) is 5.75 Å². The van der Waals surface area contributed by atoms with Crippen LogP contribution in [0.4, 0.5) is 5.69 Å². The SMILES string of the molecule is CCNCCNC(=O)c1cccc(S(=O)(=O)Nc2ccc(OC)cc2)c1.Cl. The van der Waals surface area contributed by atoms with Gasteiger partial charge in [0.15, 0.2) is 0 Å². The highest BCUT2D eigenvalue weighted by atomic mass is 35.5. The van der Waals surface area contributed by atoms with E-state index in [-0.39, 0.29) is 23.2 Å². The molecule has 9 heteroatoms. The molecule has 0 aliphatic heterocycles. The zero-order valence-electron chi connectivity index (χ0n) is 15.2. The van der Waals surface area contributed by atoms with Gasteiger partial charge in [-0.15, -0.1) is 12.4 Å². The second kappa shape index (κ2) is 10.8. The standard InChI is InChI=1S/C18H23N3O4S.ClH/c1-3-19-11-12-20-18(22)14-5-4-6-17(13-14)26(23,24)21-15-7-9-16(25-2)10-8-15;/h4-10,13,19,21H,3,11-12H2,1-2H3,(H,20,22);1H. The number of hydrogen-bond donors (Lipinski definition) is 3. The molecule has 0 unspecified atom stereocenters. The summed E-state index contributed by atoms with van der Waals surface area (Å²) >= 11 is 0. The second-order valence-corrected chi connectivity index (χ2v) is 7.15. The maximum atomic E-state index is 12.5. The van der Waals surface area contributed by atoms with Crippen molar-refractivity contribution in [1.82, 2.24) is 10.6 Å². The van der Waals surface area contributed by atoms with E-state index in [9.17, 15) is 13.2 Å². The van der Waals surface area contributed by atoms with Gasteiger partial charge >= 0.3 is 0 Å². The lowest BCUT2D eigenvalue weighted by Crippen LogP contribution is -2.31. The van der Waals surface area contributed by atoms with Gasteiger partial charge in [-0.25, -0.2) is 8.42 Å². The average molecular weight is 414 g/mol. The van der Waals surface area contributed by atoms with Gasteiger partial charge in [-0.2, -0.15) is 0 Å². The number of benzene rings is 2. The van der Waals surface area contributed by atoms with Gasteiger partial charge in [0.2, 0.25) is 0 Å². The van der Waals surface area contributed by atoms with E-state index < -0.39 is 10.0 Å². The van der Waals surface area contributed by atoms with Gasteiger partial charge in [-0.3, -0.25) is 9.52 Å². The van der Waals surface area contributed by atoms with E-state index in [0.29, 0.717) is 30.1 Å². The molecule has 0 spiro atoms. The minimum absolute atomic E-state index is 0. The van der Waals surface area contributed by atoms with Crippen LogP contribution >= 0.6 is 12.4 Å². The monoisotopic (exact) mass is 413 g/mol. The lowest BCUT2D eigenvalue weighted by atomic mass is 10.2. The molecule has 0 saturated carbocycles. The molecule has 2 rings (SSSR count). The van der Waals surface area contributed by atoms with E-state index in [4.69, 9.17) is 4.74 Å². The average Bonchev–Trinajstić information content (AvgIpc) is 2.65.